The van der Waals surface area contributed by atoms with E-state index in [-0.39, 0.29) is 0 Å². The molecule has 0 amide bonds. The van der Waals surface area contributed by atoms with Gasteiger partial charge in [-0.05, 0) is 50.9 Å². The second kappa shape index (κ2) is 7.03. The van der Waals surface area contributed by atoms with E-state index in [1.54, 1.807) is 6.07 Å². The molecule has 0 saturated carbocycles. The number of likely N-dealkylation sites (tertiary alicyclic amines) is 1. The summed E-state index contributed by atoms with van der Waals surface area (Å²) in [6.45, 7) is 5.20. The van der Waals surface area contributed by atoms with Gasteiger partial charge in [0.25, 0.3) is 0 Å². The van der Waals surface area contributed by atoms with Crippen LogP contribution in [0.3, 0.4) is 0 Å². The van der Waals surface area contributed by atoms with Crippen LogP contribution in [-0.2, 0) is 6.54 Å². The number of hydrogen-bond acceptors (Lipinski definition) is 6. The Morgan fingerprint density at radius 3 is 2.50 bits per heavy atom. The van der Waals surface area contributed by atoms with Crippen molar-refractivity contribution >= 4 is 17.4 Å². The molecule has 4 rings (SSSR count). The van der Waals surface area contributed by atoms with Gasteiger partial charge in [-0.25, -0.2) is 4.68 Å². The van der Waals surface area contributed by atoms with Gasteiger partial charge in [-0.15, -0.1) is 15.3 Å². The highest BCUT2D eigenvalue weighted by atomic mass is 35.5. The fourth-order valence-corrected chi connectivity index (χ4v) is 3.67. The van der Waals surface area contributed by atoms with Crippen LogP contribution in [0.4, 0.5) is 5.82 Å². The molecule has 2 aliphatic rings. The smallest absolute Gasteiger partial charge is 0.151 e. The Kier molecular flexibility index (Phi) is 4.62. The van der Waals surface area contributed by atoms with Crippen molar-refractivity contribution in [2.75, 3.05) is 31.1 Å². The third kappa shape index (κ3) is 3.52. The van der Waals surface area contributed by atoms with Gasteiger partial charge in [0.15, 0.2) is 11.0 Å². The van der Waals surface area contributed by atoms with Crippen molar-refractivity contribution < 1.29 is 0 Å². The van der Waals surface area contributed by atoms with Gasteiger partial charge in [0, 0.05) is 19.6 Å². The van der Waals surface area contributed by atoms with Crippen LogP contribution >= 0.6 is 11.6 Å². The first-order valence-corrected chi connectivity index (χ1v) is 9.03. The second-order valence-corrected chi connectivity index (χ2v) is 6.99. The molecule has 2 aromatic heterocycles. The van der Waals surface area contributed by atoms with Gasteiger partial charge in [0.2, 0.25) is 0 Å². The van der Waals surface area contributed by atoms with Gasteiger partial charge >= 0.3 is 0 Å². The van der Waals surface area contributed by atoms with Gasteiger partial charge < -0.3 is 4.90 Å². The lowest BCUT2D eigenvalue weighted by Crippen LogP contribution is -2.35. The molecule has 8 heteroatoms. The second-order valence-electron chi connectivity index (χ2n) is 6.61. The molecule has 128 valence electrons. The van der Waals surface area contributed by atoms with Crippen molar-refractivity contribution in [2.45, 2.75) is 38.3 Å². The van der Waals surface area contributed by atoms with E-state index < -0.39 is 0 Å². The van der Waals surface area contributed by atoms with E-state index in [1.165, 1.54) is 25.9 Å². The highest BCUT2D eigenvalue weighted by Gasteiger charge is 2.23. The maximum Gasteiger partial charge on any atom is 0.151 e. The molecule has 0 N–H and O–H groups in total. The number of aromatic nitrogens is 5. The van der Waals surface area contributed by atoms with Crippen LogP contribution in [0.2, 0.25) is 5.15 Å². The molecule has 24 heavy (non-hydrogen) atoms. The number of piperidine rings is 1. The quantitative estimate of drug-likeness (QED) is 0.844. The van der Waals surface area contributed by atoms with Crippen molar-refractivity contribution in [2.24, 2.45) is 0 Å². The van der Waals surface area contributed by atoms with Crippen molar-refractivity contribution in [1.29, 1.82) is 0 Å². The lowest BCUT2D eigenvalue weighted by molar-refractivity contribution is 0.327. The molecular weight excluding hydrogens is 326 g/mol. The van der Waals surface area contributed by atoms with Crippen LogP contribution in [0.25, 0.3) is 0 Å². The Hall–Kier alpha value is -1.73. The van der Waals surface area contributed by atoms with E-state index in [2.05, 4.69) is 41.2 Å². The molecule has 0 unspecified atom stereocenters. The first kappa shape index (κ1) is 15.8. The fourth-order valence-electron chi connectivity index (χ4n) is 3.57. The van der Waals surface area contributed by atoms with Crippen LogP contribution < -0.4 is 4.90 Å². The zero-order chi connectivity index (χ0) is 16.4. The molecule has 2 aromatic rings. The van der Waals surface area contributed by atoms with Gasteiger partial charge in [-0.3, -0.25) is 4.90 Å². The molecule has 0 radical (unpaired) electrons. The van der Waals surface area contributed by atoms with Crippen LogP contribution in [0, 0.1) is 0 Å². The molecule has 2 aliphatic heterocycles. The van der Waals surface area contributed by atoms with Crippen molar-refractivity contribution in [3.05, 3.63) is 29.2 Å². The summed E-state index contributed by atoms with van der Waals surface area (Å²) in [5.41, 5.74) is 1.09. The summed E-state index contributed by atoms with van der Waals surface area (Å²) in [7, 11) is 0. The summed E-state index contributed by atoms with van der Waals surface area (Å²) in [5, 5.41) is 17.3. The fraction of sp³-hybridized carbons (Fsp3) is 0.625. The Morgan fingerprint density at radius 2 is 1.79 bits per heavy atom. The molecule has 0 aromatic carbocycles. The molecule has 0 bridgehead atoms. The summed E-state index contributed by atoms with van der Waals surface area (Å²) in [5.74, 6) is 0.895. The number of rotatable bonds is 4. The van der Waals surface area contributed by atoms with Gasteiger partial charge in [0.05, 0.1) is 17.9 Å². The highest BCUT2D eigenvalue weighted by molar-refractivity contribution is 6.29. The monoisotopic (exact) mass is 347 g/mol. The molecule has 0 atom stereocenters. The Balaban J connectivity index is 1.34. The lowest BCUT2D eigenvalue weighted by atomic mass is 10.1. The minimum Gasteiger partial charge on any atom is -0.355 e. The third-order valence-electron chi connectivity index (χ3n) is 4.92. The zero-order valence-electron chi connectivity index (χ0n) is 13.7. The number of hydrogen-bond donors (Lipinski definition) is 0. The molecule has 2 saturated heterocycles. The van der Waals surface area contributed by atoms with Crippen molar-refractivity contribution in [3.63, 3.8) is 0 Å². The largest absolute Gasteiger partial charge is 0.355 e. The van der Waals surface area contributed by atoms with Crippen LogP contribution in [0.5, 0.6) is 0 Å². The van der Waals surface area contributed by atoms with E-state index in [0.29, 0.717) is 11.2 Å². The van der Waals surface area contributed by atoms with E-state index >= 15 is 0 Å². The number of anilines is 1. The van der Waals surface area contributed by atoms with E-state index in [1.807, 2.05) is 6.07 Å². The van der Waals surface area contributed by atoms with Crippen LogP contribution in [-0.4, -0.2) is 56.3 Å². The van der Waals surface area contributed by atoms with Crippen LogP contribution in [0.15, 0.2) is 18.3 Å². The van der Waals surface area contributed by atoms with Gasteiger partial charge in [0.1, 0.15) is 0 Å². The summed E-state index contributed by atoms with van der Waals surface area (Å²) >= 11 is 5.80. The predicted octanol–water partition coefficient (Wildman–Crippen LogP) is 2.16. The number of halogens is 1. The Morgan fingerprint density at radius 1 is 1.00 bits per heavy atom. The van der Waals surface area contributed by atoms with E-state index in [4.69, 9.17) is 11.6 Å². The minimum atomic E-state index is 0.418. The standard InChI is InChI=1S/C16H22ClN7/c17-15-3-4-16(20-19-15)23-9-5-14(6-10-23)24-12-13(18-21-24)11-22-7-1-2-8-22/h3-4,12,14H,1-2,5-11H2. The molecule has 4 heterocycles. The topological polar surface area (TPSA) is 63.0 Å². The Labute approximate surface area is 146 Å². The first-order chi connectivity index (χ1) is 11.8. The molecule has 7 nitrogen and oxygen atoms in total. The third-order valence-corrected chi connectivity index (χ3v) is 5.12. The highest BCUT2D eigenvalue weighted by Crippen LogP contribution is 2.25. The molecule has 0 aliphatic carbocycles. The summed E-state index contributed by atoms with van der Waals surface area (Å²) < 4.78 is 2.05. The summed E-state index contributed by atoms with van der Waals surface area (Å²) in [4.78, 5) is 4.71. The molecular formula is C16H22ClN7. The molecule has 2 fully saturated rings. The zero-order valence-corrected chi connectivity index (χ0v) is 14.4. The maximum atomic E-state index is 5.80. The van der Waals surface area contributed by atoms with E-state index in [9.17, 15) is 0 Å². The Bertz CT molecular complexity index is 657. The summed E-state index contributed by atoms with van der Waals surface area (Å²) in [6, 6.07) is 4.14. The SMILES string of the molecule is Clc1ccc(N2CCC(n3cc(CN4CCCC4)nn3)CC2)nn1. The van der Waals surface area contributed by atoms with Gasteiger partial charge in [-0.2, -0.15) is 0 Å². The predicted molar refractivity (Wildman–Crippen MR) is 92.1 cm³/mol. The molecule has 0 spiro atoms. The lowest BCUT2D eigenvalue weighted by Gasteiger charge is -2.32. The average Bonchev–Trinajstić information content (AvgIpc) is 3.28. The number of nitrogens with zero attached hydrogens (tertiary/aromatic N) is 7. The maximum absolute atomic E-state index is 5.80. The minimum absolute atomic E-state index is 0.418. The average molecular weight is 348 g/mol. The van der Waals surface area contributed by atoms with E-state index in [0.717, 1.165) is 44.0 Å². The normalized spacial score (nSPS) is 20.0. The van der Waals surface area contributed by atoms with Crippen LogP contribution in [0.1, 0.15) is 37.4 Å². The van der Waals surface area contributed by atoms with Crippen molar-refractivity contribution in [3.8, 4) is 0 Å². The summed E-state index contributed by atoms with van der Waals surface area (Å²) in [6.07, 6.45) is 6.81. The van der Waals surface area contributed by atoms with Crippen molar-refractivity contribution in [1.82, 2.24) is 30.1 Å². The first-order valence-electron chi connectivity index (χ1n) is 8.65. The van der Waals surface area contributed by atoms with Gasteiger partial charge in [-0.1, -0.05) is 16.8 Å².